The third-order valence-electron chi connectivity index (χ3n) is 3.69. The summed E-state index contributed by atoms with van der Waals surface area (Å²) in [6, 6.07) is 18.3. The van der Waals surface area contributed by atoms with Gasteiger partial charge in [-0.2, -0.15) is 0 Å². The molecule has 0 saturated heterocycles. The smallest absolute Gasteiger partial charge is 0.408 e. The van der Waals surface area contributed by atoms with Gasteiger partial charge in [0.05, 0.1) is 0 Å². The zero-order valence-electron chi connectivity index (χ0n) is 16.3. The first kappa shape index (κ1) is 20.5. The molecule has 2 aromatic rings. The van der Waals surface area contributed by atoms with E-state index in [4.69, 9.17) is 9.47 Å². The van der Waals surface area contributed by atoms with Gasteiger partial charge in [-0.25, -0.2) is 4.79 Å². The monoisotopic (exact) mass is 369 g/mol. The Morgan fingerprint density at radius 1 is 0.963 bits per heavy atom. The van der Waals surface area contributed by atoms with Crippen LogP contribution in [0.3, 0.4) is 0 Å². The second-order valence-corrected chi connectivity index (χ2v) is 7.42. The van der Waals surface area contributed by atoms with Gasteiger partial charge in [-0.05, 0) is 44.4 Å². The molecule has 1 atom stereocenters. The van der Waals surface area contributed by atoms with E-state index in [9.17, 15) is 9.59 Å². The largest absolute Gasteiger partial charge is 0.461 e. The number of nitrogens with one attached hydrogen (secondary N) is 1. The number of ether oxygens (including phenoxy) is 2. The molecule has 0 spiro atoms. The van der Waals surface area contributed by atoms with E-state index in [-0.39, 0.29) is 12.6 Å². The molecule has 0 heterocycles. The van der Waals surface area contributed by atoms with Gasteiger partial charge in [-0.15, -0.1) is 0 Å². The second kappa shape index (κ2) is 9.21. The number of esters is 1. The number of benzene rings is 2. The SMILES string of the molecule is CC(Cc1ccc(-c2ccccc2)cc1)OC(=O)CNC(=O)OC(C)(C)C. The number of hydrogen-bond donors (Lipinski definition) is 1. The van der Waals surface area contributed by atoms with Crippen LogP contribution in [0.1, 0.15) is 33.3 Å². The van der Waals surface area contributed by atoms with Crippen LogP contribution in [0.4, 0.5) is 4.79 Å². The van der Waals surface area contributed by atoms with Gasteiger partial charge in [0.15, 0.2) is 0 Å². The number of rotatable bonds is 6. The molecule has 1 unspecified atom stereocenters. The number of hydrogen-bond acceptors (Lipinski definition) is 4. The van der Waals surface area contributed by atoms with Gasteiger partial charge >= 0.3 is 12.1 Å². The van der Waals surface area contributed by atoms with Gasteiger partial charge in [-0.3, -0.25) is 4.79 Å². The predicted octanol–water partition coefficient (Wildman–Crippen LogP) is 4.35. The lowest BCUT2D eigenvalue weighted by Gasteiger charge is -2.20. The quantitative estimate of drug-likeness (QED) is 0.769. The van der Waals surface area contributed by atoms with Crippen molar-refractivity contribution in [3.8, 4) is 11.1 Å². The number of carbonyl (C=O) groups is 2. The Morgan fingerprint density at radius 3 is 2.15 bits per heavy atom. The van der Waals surface area contributed by atoms with Crippen LogP contribution in [0.2, 0.25) is 0 Å². The molecule has 144 valence electrons. The minimum Gasteiger partial charge on any atom is -0.461 e. The van der Waals surface area contributed by atoms with Crippen LogP contribution in [-0.2, 0) is 20.7 Å². The average molecular weight is 369 g/mol. The van der Waals surface area contributed by atoms with Crippen molar-refractivity contribution in [1.82, 2.24) is 5.32 Å². The van der Waals surface area contributed by atoms with Crippen LogP contribution in [0.5, 0.6) is 0 Å². The zero-order valence-corrected chi connectivity index (χ0v) is 16.3. The topological polar surface area (TPSA) is 64.6 Å². The van der Waals surface area contributed by atoms with E-state index in [1.54, 1.807) is 20.8 Å². The maximum Gasteiger partial charge on any atom is 0.408 e. The van der Waals surface area contributed by atoms with Crippen LogP contribution in [0.15, 0.2) is 54.6 Å². The maximum atomic E-state index is 11.9. The van der Waals surface area contributed by atoms with E-state index in [2.05, 4.69) is 29.6 Å². The maximum absolute atomic E-state index is 11.9. The van der Waals surface area contributed by atoms with Crippen LogP contribution in [0.25, 0.3) is 11.1 Å². The Balaban J connectivity index is 1.79. The zero-order chi connectivity index (χ0) is 19.9. The predicted molar refractivity (Wildman–Crippen MR) is 105 cm³/mol. The van der Waals surface area contributed by atoms with Gasteiger partial charge in [0, 0.05) is 6.42 Å². The first-order chi connectivity index (χ1) is 12.7. The first-order valence-corrected chi connectivity index (χ1v) is 9.03. The summed E-state index contributed by atoms with van der Waals surface area (Å²) >= 11 is 0. The van der Waals surface area contributed by atoms with E-state index >= 15 is 0 Å². The Kier molecular flexibility index (Phi) is 6.99. The molecule has 1 amide bonds. The van der Waals surface area contributed by atoms with E-state index in [1.807, 2.05) is 37.3 Å². The molecule has 0 radical (unpaired) electrons. The van der Waals surface area contributed by atoms with Crippen molar-refractivity contribution in [2.75, 3.05) is 6.54 Å². The van der Waals surface area contributed by atoms with Gasteiger partial charge in [-0.1, -0.05) is 54.6 Å². The normalized spacial score (nSPS) is 12.1. The minimum absolute atomic E-state index is 0.216. The van der Waals surface area contributed by atoms with Gasteiger partial charge < -0.3 is 14.8 Å². The van der Waals surface area contributed by atoms with Gasteiger partial charge in [0.25, 0.3) is 0 Å². The molecular formula is C22H27NO4. The molecular weight excluding hydrogens is 342 g/mol. The third kappa shape index (κ3) is 7.52. The van der Waals surface area contributed by atoms with Crippen LogP contribution in [-0.4, -0.2) is 30.3 Å². The summed E-state index contributed by atoms with van der Waals surface area (Å²) in [6.07, 6.45) is -0.322. The van der Waals surface area contributed by atoms with Crippen LogP contribution in [0, 0.1) is 0 Å². The Labute approximate surface area is 160 Å². The number of carbonyl (C=O) groups excluding carboxylic acids is 2. The van der Waals surface area contributed by atoms with E-state index in [0.717, 1.165) is 16.7 Å². The fourth-order valence-electron chi connectivity index (χ4n) is 2.56. The molecule has 0 saturated carbocycles. The molecule has 1 N–H and O–H groups in total. The first-order valence-electron chi connectivity index (χ1n) is 9.03. The number of alkyl carbamates (subject to hydrolysis) is 1. The van der Waals surface area contributed by atoms with Crippen molar-refractivity contribution >= 4 is 12.1 Å². The fourth-order valence-corrected chi connectivity index (χ4v) is 2.56. The van der Waals surface area contributed by atoms with Crippen molar-refractivity contribution in [3.63, 3.8) is 0 Å². The lowest BCUT2D eigenvalue weighted by Crippen LogP contribution is -2.36. The Bertz CT molecular complexity index is 748. The summed E-state index contributed by atoms with van der Waals surface area (Å²) in [6.45, 7) is 6.89. The molecule has 0 aliphatic rings. The van der Waals surface area contributed by atoms with Crippen LogP contribution >= 0.6 is 0 Å². The van der Waals surface area contributed by atoms with Crippen molar-refractivity contribution in [1.29, 1.82) is 0 Å². The van der Waals surface area contributed by atoms with Crippen molar-refractivity contribution < 1.29 is 19.1 Å². The molecule has 0 aliphatic heterocycles. The fraction of sp³-hybridized carbons (Fsp3) is 0.364. The standard InChI is InChI=1S/C22H27NO4/c1-16(26-20(24)15-23-21(25)27-22(2,3)4)14-17-10-12-19(13-11-17)18-8-6-5-7-9-18/h5-13,16H,14-15H2,1-4H3,(H,23,25). The van der Waals surface area contributed by atoms with Crippen molar-refractivity contribution in [2.45, 2.75) is 45.8 Å². The summed E-state index contributed by atoms with van der Waals surface area (Å²) < 4.78 is 10.4. The molecule has 0 aromatic heterocycles. The lowest BCUT2D eigenvalue weighted by molar-refractivity contribution is -0.147. The molecule has 0 bridgehead atoms. The summed E-state index contributed by atoms with van der Waals surface area (Å²) in [5, 5.41) is 2.40. The van der Waals surface area contributed by atoms with Crippen LogP contribution < -0.4 is 5.32 Å². The molecule has 2 aromatic carbocycles. The molecule has 0 aliphatic carbocycles. The molecule has 2 rings (SSSR count). The van der Waals surface area contributed by atoms with E-state index in [0.29, 0.717) is 6.42 Å². The molecule has 0 fully saturated rings. The van der Waals surface area contributed by atoms with E-state index < -0.39 is 17.7 Å². The van der Waals surface area contributed by atoms with Crippen molar-refractivity contribution in [2.24, 2.45) is 0 Å². The van der Waals surface area contributed by atoms with Gasteiger partial charge in [0.2, 0.25) is 0 Å². The highest BCUT2D eigenvalue weighted by molar-refractivity contribution is 5.78. The number of amides is 1. The second-order valence-electron chi connectivity index (χ2n) is 7.42. The summed E-state index contributed by atoms with van der Waals surface area (Å²) in [5.41, 5.74) is 2.78. The Hall–Kier alpha value is -2.82. The summed E-state index contributed by atoms with van der Waals surface area (Å²) in [5.74, 6) is -0.491. The molecule has 5 nitrogen and oxygen atoms in total. The highest BCUT2D eigenvalue weighted by Gasteiger charge is 2.17. The summed E-state index contributed by atoms with van der Waals surface area (Å²) in [4.78, 5) is 23.4. The Morgan fingerprint density at radius 2 is 1.56 bits per heavy atom. The highest BCUT2D eigenvalue weighted by Crippen LogP contribution is 2.20. The average Bonchev–Trinajstić information content (AvgIpc) is 2.60. The summed E-state index contributed by atoms with van der Waals surface area (Å²) in [7, 11) is 0. The third-order valence-corrected chi connectivity index (χ3v) is 3.69. The van der Waals surface area contributed by atoms with E-state index in [1.165, 1.54) is 0 Å². The van der Waals surface area contributed by atoms with Crippen molar-refractivity contribution in [3.05, 3.63) is 60.2 Å². The highest BCUT2D eigenvalue weighted by atomic mass is 16.6. The molecule has 5 heteroatoms. The minimum atomic E-state index is -0.636. The van der Waals surface area contributed by atoms with Gasteiger partial charge in [0.1, 0.15) is 18.2 Å². The lowest BCUT2D eigenvalue weighted by atomic mass is 10.0. The molecule has 27 heavy (non-hydrogen) atoms.